The highest BCUT2D eigenvalue weighted by Gasteiger charge is 2.41. The summed E-state index contributed by atoms with van der Waals surface area (Å²) in [5, 5.41) is 9.67. The SMILES string of the molecule is C[C@H]([C@H](OCc1ccccc1)[C@H](C)CO)[C@@H]1OC(C)(C)OC[C@H]1C. The van der Waals surface area contributed by atoms with E-state index in [0.29, 0.717) is 19.1 Å². The van der Waals surface area contributed by atoms with Gasteiger partial charge in [0.1, 0.15) is 0 Å². The van der Waals surface area contributed by atoms with Crippen molar-refractivity contribution >= 4 is 0 Å². The lowest BCUT2D eigenvalue weighted by atomic mass is 9.83. The molecule has 0 aliphatic carbocycles. The van der Waals surface area contributed by atoms with Crippen molar-refractivity contribution in [1.29, 1.82) is 0 Å². The Morgan fingerprint density at radius 3 is 2.54 bits per heavy atom. The van der Waals surface area contributed by atoms with Gasteiger partial charge in [-0.15, -0.1) is 0 Å². The first-order valence-electron chi connectivity index (χ1n) is 8.92. The van der Waals surface area contributed by atoms with Gasteiger partial charge in [-0.25, -0.2) is 0 Å². The van der Waals surface area contributed by atoms with E-state index in [1.54, 1.807) is 0 Å². The third-order valence-corrected chi connectivity index (χ3v) is 4.85. The second-order valence-electron chi connectivity index (χ2n) is 7.55. The monoisotopic (exact) mass is 336 g/mol. The fourth-order valence-corrected chi connectivity index (χ4v) is 3.42. The van der Waals surface area contributed by atoms with E-state index in [-0.39, 0.29) is 30.7 Å². The molecule has 0 bridgehead atoms. The van der Waals surface area contributed by atoms with Gasteiger partial charge in [-0.2, -0.15) is 0 Å². The second-order valence-corrected chi connectivity index (χ2v) is 7.55. The van der Waals surface area contributed by atoms with Gasteiger partial charge in [-0.3, -0.25) is 0 Å². The van der Waals surface area contributed by atoms with Gasteiger partial charge in [0.15, 0.2) is 5.79 Å². The molecule has 24 heavy (non-hydrogen) atoms. The van der Waals surface area contributed by atoms with Crippen LogP contribution < -0.4 is 0 Å². The van der Waals surface area contributed by atoms with Gasteiger partial charge in [0.25, 0.3) is 0 Å². The van der Waals surface area contributed by atoms with Gasteiger partial charge in [-0.05, 0) is 19.4 Å². The minimum absolute atomic E-state index is 0.0449. The zero-order valence-electron chi connectivity index (χ0n) is 15.6. The van der Waals surface area contributed by atoms with Gasteiger partial charge >= 0.3 is 0 Å². The van der Waals surface area contributed by atoms with E-state index in [9.17, 15) is 5.11 Å². The molecule has 1 aliphatic heterocycles. The van der Waals surface area contributed by atoms with E-state index in [4.69, 9.17) is 14.2 Å². The van der Waals surface area contributed by atoms with Crippen LogP contribution in [0.1, 0.15) is 40.2 Å². The fraction of sp³-hybridized carbons (Fsp3) is 0.700. The van der Waals surface area contributed by atoms with Crippen LogP contribution in [-0.4, -0.2) is 36.3 Å². The summed E-state index contributed by atoms with van der Waals surface area (Å²) in [5.74, 6) is -0.0704. The molecule has 0 saturated carbocycles. The topological polar surface area (TPSA) is 47.9 Å². The number of hydrogen-bond donors (Lipinski definition) is 1. The number of benzene rings is 1. The molecule has 1 heterocycles. The van der Waals surface area contributed by atoms with Crippen LogP contribution in [-0.2, 0) is 20.8 Å². The van der Waals surface area contributed by atoms with Gasteiger partial charge in [-0.1, -0.05) is 51.1 Å². The van der Waals surface area contributed by atoms with Crippen LogP contribution in [0.15, 0.2) is 30.3 Å². The summed E-state index contributed by atoms with van der Waals surface area (Å²) in [6.45, 7) is 11.6. The molecule has 0 amide bonds. The van der Waals surface area contributed by atoms with Crippen LogP contribution in [0.5, 0.6) is 0 Å². The molecule has 0 spiro atoms. The van der Waals surface area contributed by atoms with Crippen LogP contribution in [0.4, 0.5) is 0 Å². The molecule has 1 fully saturated rings. The quantitative estimate of drug-likeness (QED) is 0.826. The summed E-state index contributed by atoms with van der Waals surface area (Å²) in [4.78, 5) is 0. The van der Waals surface area contributed by atoms with E-state index in [1.807, 2.05) is 39.0 Å². The highest BCUT2D eigenvalue weighted by atomic mass is 16.7. The Kier molecular flexibility index (Phi) is 6.81. The lowest BCUT2D eigenvalue weighted by molar-refractivity contribution is -0.306. The highest BCUT2D eigenvalue weighted by Crippen LogP contribution is 2.34. The van der Waals surface area contributed by atoms with Crippen molar-refractivity contribution in [2.24, 2.45) is 17.8 Å². The Morgan fingerprint density at radius 2 is 1.92 bits per heavy atom. The molecule has 1 saturated heterocycles. The maximum Gasteiger partial charge on any atom is 0.163 e. The normalized spacial score (nSPS) is 27.4. The molecular weight excluding hydrogens is 304 g/mol. The molecule has 0 aromatic heterocycles. The third-order valence-electron chi connectivity index (χ3n) is 4.85. The predicted octanol–water partition coefficient (Wildman–Crippen LogP) is 3.62. The molecule has 4 nitrogen and oxygen atoms in total. The van der Waals surface area contributed by atoms with Crippen molar-refractivity contribution in [3.05, 3.63) is 35.9 Å². The lowest BCUT2D eigenvalue weighted by Gasteiger charge is -2.45. The minimum Gasteiger partial charge on any atom is -0.396 e. The number of aliphatic hydroxyl groups is 1. The number of aliphatic hydroxyl groups excluding tert-OH is 1. The van der Waals surface area contributed by atoms with Gasteiger partial charge < -0.3 is 19.3 Å². The van der Waals surface area contributed by atoms with Crippen molar-refractivity contribution in [1.82, 2.24) is 0 Å². The summed E-state index contributed by atoms with van der Waals surface area (Å²) < 4.78 is 18.2. The van der Waals surface area contributed by atoms with Gasteiger partial charge in [0.05, 0.1) is 25.4 Å². The zero-order valence-corrected chi connectivity index (χ0v) is 15.6. The zero-order chi connectivity index (χ0) is 17.7. The van der Waals surface area contributed by atoms with Crippen LogP contribution in [0.3, 0.4) is 0 Å². The molecular formula is C20H32O4. The van der Waals surface area contributed by atoms with Crippen LogP contribution in [0, 0.1) is 17.8 Å². The molecule has 136 valence electrons. The van der Waals surface area contributed by atoms with Crippen molar-refractivity contribution in [2.75, 3.05) is 13.2 Å². The van der Waals surface area contributed by atoms with E-state index < -0.39 is 5.79 Å². The summed E-state index contributed by atoms with van der Waals surface area (Å²) in [6.07, 6.45) is -0.0277. The summed E-state index contributed by atoms with van der Waals surface area (Å²) in [6, 6.07) is 10.1. The van der Waals surface area contributed by atoms with E-state index in [0.717, 1.165) is 5.56 Å². The average molecular weight is 336 g/mol. The van der Waals surface area contributed by atoms with Gasteiger partial charge in [0.2, 0.25) is 0 Å². The van der Waals surface area contributed by atoms with E-state index in [1.165, 1.54) is 0 Å². The predicted molar refractivity (Wildman–Crippen MR) is 94.5 cm³/mol. The average Bonchev–Trinajstić information content (AvgIpc) is 2.57. The number of hydrogen-bond acceptors (Lipinski definition) is 4. The van der Waals surface area contributed by atoms with E-state index >= 15 is 0 Å². The van der Waals surface area contributed by atoms with Crippen molar-refractivity contribution in [3.8, 4) is 0 Å². The van der Waals surface area contributed by atoms with Gasteiger partial charge in [0, 0.05) is 24.4 Å². The van der Waals surface area contributed by atoms with E-state index in [2.05, 4.69) is 26.0 Å². The Morgan fingerprint density at radius 1 is 1.25 bits per heavy atom. The first-order chi connectivity index (χ1) is 11.3. The van der Waals surface area contributed by atoms with Crippen molar-refractivity contribution in [3.63, 3.8) is 0 Å². The smallest absolute Gasteiger partial charge is 0.163 e. The van der Waals surface area contributed by atoms with Crippen LogP contribution >= 0.6 is 0 Å². The molecule has 1 aromatic rings. The molecule has 2 rings (SSSR count). The highest BCUT2D eigenvalue weighted by molar-refractivity contribution is 5.13. The first-order valence-corrected chi connectivity index (χ1v) is 8.92. The molecule has 4 heteroatoms. The molecule has 0 unspecified atom stereocenters. The molecule has 1 aromatic carbocycles. The fourth-order valence-electron chi connectivity index (χ4n) is 3.42. The Hall–Kier alpha value is -0.940. The Balaban J connectivity index is 2.08. The Bertz CT molecular complexity index is 488. The molecule has 1 N–H and O–H groups in total. The number of rotatable bonds is 7. The van der Waals surface area contributed by atoms with Crippen molar-refractivity contribution < 1.29 is 19.3 Å². The largest absolute Gasteiger partial charge is 0.396 e. The molecule has 0 radical (unpaired) electrons. The lowest BCUT2D eigenvalue weighted by Crippen LogP contribution is -2.51. The standard InChI is InChI=1S/C20H32O4/c1-14(11-21)18(22-13-17-9-7-6-8-10-17)16(3)19-15(2)12-23-20(4,5)24-19/h6-10,14-16,18-19,21H,11-13H2,1-5H3/t14-,15-,16-,18-,19-/m1/s1. The summed E-state index contributed by atoms with van der Waals surface area (Å²) in [7, 11) is 0. The molecule has 5 atom stereocenters. The second kappa shape index (κ2) is 8.43. The summed E-state index contributed by atoms with van der Waals surface area (Å²) in [5.41, 5.74) is 1.14. The third kappa shape index (κ3) is 5.03. The van der Waals surface area contributed by atoms with Crippen LogP contribution in [0.2, 0.25) is 0 Å². The Labute approximate surface area is 146 Å². The van der Waals surface area contributed by atoms with Crippen LogP contribution in [0.25, 0.3) is 0 Å². The van der Waals surface area contributed by atoms with Crippen molar-refractivity contribution in [2.45, 2.75) is 59.2 Å². The molecule has 1 aliphatic rings. The first kappa shape index (κ1) is 19.4. The number of ether oxygens (including phenoxy) is 3. The minimum atomic E-state index is -0.572. The summed E-state index contributed by atoms with van der Waals surface area (Å²) >= 11 is 0. The maximum atomic E-state index is 9.67. The maximum absolute atomic E-state index is 9.67.